The maximum absolute atomic E-state index is 11.1. The molecule has 1 saturated heterocycles. The lowest BCUT2D eigenvalue weighted by atomic mass is 9.89. The lowest BCUT2D eigenvalue weighted by Gasteiger charge is -2.38. The highest BCUT2D eigenvalue weighted by molar-refractivity contribution is 6.03. The van der Waals surface area contributed by atoms with Crippen molar-refractivity contribution in [3.63, 3.8) is 0 Å². The molecule has 2 aliphatic rings. The summed E-state index contributed by atoms with van der Waals surface area (Å²) < 4.78 is 6.18. The number of nitrogens with one attached hydrogen (secondary N) is 1. The molecule has 1 unspecified atom stereocenters. The molecule has 4 aromatic carbocycles. The van der Waals surface area contributed by atoms with Gasteiger partial charge in [0.2, 0.25) is 0 Å². The van der Waals surface area contributed by atoms with Crippen LogP contribution in [0.1, 0.15) is 66.3 Å². The predicted molar refractivity (Wildman–Crippen MR) is 169 cm³/mol. The standard InChI is InChI=1S/C36H39NO6/c38-30-15-12-24(20-32(30)40)11-13-27-28-4-3-5-31(39)33(28)35(42)34(41)29(27)14-10-23-6-8-25(9-7-23)22-37-26-16-19-43-36(21-26)17-1-2-18-36/h3-9,11-13,15,20,26,37-42H,1-2,10,14,16-19,21-22H2. The third-order valence-corrected chi connectivity index (χ3v) is 9.14. The van der Waals surface area contributed by atoms with E-state index < -0.39 is 0 Å². The molecular weight excluding hydrogens is 542 g/mol. The topological polar surface area (TPSA) is 122 Å². The van der Waals surface area contributed by atoms with Gasteiger partial charge in [0.1, 0.15) is 5.75 Å². The number of benzene rings is 4. The number of fused-ring (bicyclic) bond motifs is 1. The summed E-state index contributed by atoms with van der Waals surface area (Å²) in [5.74, 6) is -1.19. The second-order valence-corrected chi connectivity index (χ2v) is 12.0. The predicted octanol–water partition coefficient (Wildman–Crippen LogP) is 6.90. The molecule has 43 heavy (non-hydrogen) atoms. The second-order valence-electron chi connectivity index (χ2n) is 12.0. The largest absolute Gasteiger partial charge is 0.507 e. The maximum atomic E-state index is 11.1. The molecule has 4 aromatic rings. The molecule has 2 fully saturated rings. The first-order valence-corrected chi connectivity index (χ1v) is 15.2. The monoisotopic (exact) mass is 581 g/mol. The number of phenolic OH excluding ortho intramolecular Hbond substituents is 5. The molecule has 0 aromatic heterocycles. The Labute approximate surface area is 251 Å². The minimum absolute atomic E-state index is 0.0984. The Morgan fingerprint density at radius 1 is 0.791 bits per heavy atom. The minimum atomic E-state index is -0.351. The van der Waals surface area contributed by atoms with Crippen molar-refractivity contribution in [2.75, 3.05) is 6.61 Å². The van der Waals surface area contributed by atoms with Crippen molar-refractivity contribution in [2.24, 2.45) is 0 Å². The van der Waals surface area contributed by atoms with E-state index in [-0.39, 0.29) is 39.7 Å². The molecule has 0 amide bonds. The summed E-state index contributed by atoms with van der Waals surface area (Å²) in [7, 11) is 0. The van der Waals surface area contributed by atoms with Gasteiger partial charge in [-0.2, -0.15) is 0 Å². The Hall–Kier alpha value is -4.20. The molecule has 1 spiro atoms. The first kappa shape index (κ1) is 28.9. The highest BCUT2D eigenvalue weighted by Gasteiger charge is 2.39. The van der Waals surface area contributed by atoms with Gasteiger partial charge in [-0.3, -0.25) is 0 Å². The van der Waals surface area contributed by atoms with Crippen molar-refractivity contribution in [3.05, 3.63) is 88.5 Å². The van der Waals surface area contributed by atoms with Crippen molar-refractivity contribution in [2.45, 2.75) is 69.6 Å². The van der Waals surface area contributed by atoms with Gasteiger partial charge in [-0.05, 0) is 84.4 Å². The lowest BCUT2D eigenvalue weighted by Crippen LogP contribution is -2.45. The van der Waals surface area contributed by atoms with Crippen molar-refractivity contribution >= 4 is 22.9 Å². The molecule has 1 saturated carbocycles. The van der Waals surface area contributed by atoms with Gasteiger partial charge < -0.3 is 35.6 Å². The van der Waals surface area contributed by atoms with Crippen molar-refractivity contribution in [3.8, 4) is 28.7 Å². The van der Waals surface area contributed by atoms with Gasteiger partial charge in [-0.15, -0.1) is 0 Å². The SMILES string of the molecule is Oc1ccc(C=Cc2c(CCc3ccc(CNC4CCOC5(CCCC5)C4)cc3)c(O)c(O)c3c(O)cccc23)cc1O. The smallest absolute Gasteiger partial charge is 0.169 e. The van der Waals surface area contributed by atoms with Crippen LogP contribution in [-0.2, 0) is 24.1 Å². The summed E-state index contributed by atoms with van der Waals surface area (Å²) >= 11 is 0. The average molecular weight is 582 g/mol. The Kier molecular flexibility index (Phi) is 8.19. The van der Waals surface area contributed by atoms with E-state index in [1.54, 1.807) is 30.4 Å². The molecule has 224 valence electrons. The summed E-state index contributed by atoms with van der Waals surface area (Å²) in [6.45, 7) is 1.65. The molecule has 1 atom stereocenters. The van der Waals surface area contributed by atoms with E-state index in [0.29, 0.717) is 41.0 Å². The normalized spacial score (nSPS) is 18.2. The van der Waals surface area contributed by atoms with Crippen molar-refractivity contribution in [1.82, 2.24) is 5.32 Å². The zero-order chi connectivity index (χ0) is 30.0. The van der Waals surface area contributed by atoms with E-state index in [1.807, 2.05) is 0 Å². The van der Waals surface area contributed by atoms with Gasteiger partial charge in [-0.25, -0.2) is 0 Å². The lowest BCUT2D eigenvalue weighted by molar-refractivity contribution is -0.0837. The molecule has 7 heteroatoms. The van der Waals surface area contributed by atoms with Crippen LogP contribution >= 0.6 is 0 Å². The molecule has 0 bridgehead atoms. The first-order valence-electron chi connectivity index (χ1n) is 15.2. The van der Waals surface area contributed by atoms with Crippen LogP contribution in [0.5, 0.6) is 28.7 Å². The Bertz CT molecular complexity index is 1640. The quantitative estimate of drug-likeness (QED) is 0.0988. The van der Waals surface area contributed by atoms with Gasteiger partial charge in [0.25, 0.3) is 0 Å². The van der Waals surface area contributed by atoms with Gasteiger partial charge >= 0.3 is 0 Å². The van der Waals surface area contributed by atoms with E-state index in [9.17, 15) is 25.5 Å². The van der Waals surface area contributed by atoms with E-state index in [1.165, 1.54) is 49.4 Å². The third-order valence-electron chi connectivity index (χ3n) is 9.14. The number of aromatic hydroxyl groups is 5. The van der Waals surface area contributed by atoms with Crippen LogP contribution in [0.3, 0.4) is 0 Å². The molecule has 1 aliphatic carbocycles. The molecule has 7 nitrogen and oxygen atoms in total. The van der Waals surface area contributed by atoms with Crippen molar-refractivity contribution < 1.29 is 30.3 Å². The summed E-state index contributed by atoms with van der Waals surface area (Å²) in [5.41, 5.74) is 4.28. The summed E-state index contributed by atoms with van der Waals surface area (Å²) in [6.07, 6.45) is 11.7. The van der Waals surface area contributed by atoms with Gasteiger partial charge in [0.05, 0.1) is 11.0 Å². The summed E-state index contributed by atoms with van der Waals surface area (Å²) in [4.78, 5) is 0. The van der Waals surface area contributed by atoms with Crippen LogP contribution in [0, 0.1) is 0 Å². The fourth-order valence-corrected chi connectivity index (χ4v) is 6.76. The molecule has 1 heterocycles. The van der Waals surface area contributed by atoms with Crippen LogP contribution < -0.4 is 5.32 Å². The number of phenols is 5. The van der Waals surface area contributed by atoms with E-state index in [4.69, 9.17) is 4.74 Å². The van der Waals surface area contributed by atoms with Crippen LogP contribution in [0.15, 0.2) is 60.7 Å². The van der Waals surface area contributed by atoms with Gasteiger partial charge in [0, 0.05) is 24.8 Å². The molecule has 1 aliphatic heterocycles. The first-order chi connectivity index (χ1) is 20.8. The van der Waals surface area contributed by atoms with Crippen LogP contribution in [0.25, 0.3) is 22.9 Å². The number of hydrogen-bond acceptors (Lipinski definition) is 7. The molecular formula is C36H39NO6. The van der Waals surface area contributed by atoms with Crippen LogP contribution in [-0.4, -0.2) is 43.8 Å². The van der Waals surface area contributed by atoms with E-state index >= 15 is 0 Å². The molecule has 6 rings (SSSR count). The Morgan fingerprint density at radius 3 is 2.33 bits per heavy atom. The number of aryl methyl sites for hydroxylation is 1. The zero-order valence-corrected chi connectivity index (χ0v) is 24.2. The highest BCUT2D eigenvalue weighted by Crippen LogP contribution is 2.45. The Morgan fingerprint density at radius 2 is 1.56 bits per heavy atom. The second kappa shape index (κ2) is 12.2. The molecule has 0 radical (unpaired) electrons. The number of rotatable bonds is 8. The number of hydrogen-bond donors (Lipinski definition) is 6. The fourth-order valence-electron chi connectivity index (χ4n) is 6.76. The van der Waals surface area contributed by atoms with E-state index in [0.717, 1.165) is 31.6 Å². The minimum Gasteiger partial charge on any atom is -0.507 e. The summed E-state index contributed by atoms with van der Waals surface area (Å²) in [5, 5.41) is 56.5. The Balaban J connectivity index is 1.19. The zero-order valence-electron chi connectivity index (χ0n) is 24.2. The number of ether oxygens (including phenoxy) is 1. The average Bonchev–Trinajstić information content (AvgIpc) is 3.45. The third kappa shape index (κ3) is 6.14. The van der Waals surface area contributed by atoms with Crippen LogP contribution in [0.4, 0.5) is 0 Å². The fraction of sp³-hybridized carbons (Fsp3) is 0.333. The molecule has 6 N–H and O–H groups in total. The van der Waals surface area contributed by atoms with Gasteiger partial charge in [-0.1, -0.05) is 67.5 Å². The van der Waals surface area contributed by atoms with Crippen molar-refractivity contribution in [1.29, 1.82) is 0 Å². The highest BCUT2D eigenvalue weighted by atomic mass is 16.5. The van der Waals surface area contributed by atoms with Gasteiger partial charge in [0.15, 0.2) is 23.0 Å². The van der Waals surface area contributed by atoms with Crippen LogP contribution in [0.2, 0.25) is 0 Å². The summed E-state index contributed by atoms with van der Waals surface area (Å²) in [6, 6.07) is 18.4. The van der Waals surface area contributed by atoms with E-state index in [2.05, 4.69) is 29.6 Å². The maximum Gasteiger partial charge on any atom is 0.169 e.